The maximum atomic E-state index is 11.2. The van der Waals surface area contributed by atoms with Crippen molar-refractivity contribution in [3.63, 3.8) is 0 Å². The van der Waals surface area contributed by atoms with Crippen molar-refractivity contribution in [3.05, 3.63) is 48.0 Å². The number of aliphatic imine (C=N–C) groups is 1. The van der Waals surface area contributed by atoms with Gasteiger partial charge in [0.05, 0.1) is 30.5 Å². The highest BCUT2D eigenvalue weighted by atomic mass is 32.2. The lowest BCUT2D eigenvalue weighted by molar-refractivity contribution is 0.252. The van der Waals surface area contributed by atoms with Crippen molar-refractivity contribution >= 4 is 27.1 Å². The maximum Gasteiger partial charge on any atom is 0.229 e. The van der Waals surface area contributed by atoms with E-state index in [2.05, 4.69) is 15.0 Å². The Kier molecular flexibility index (Phi) is 3.42. The Morgan fingerprint density at radius 1 is 1.29 bits per heavy atom. The first-order valence-electron chi connectivity index (χ1n) is 6.46. The highest BCUT2D eigenvalue weighted by Gasteiger charge is 2.18. The number of fused-ring (bicyclic) bond motifs is 1. The normalized spacial score (nSPS) is 17.1. The molecular formula is C14H15N3O3S. The molecule has 0 radical (unpaired) electrons. The molecule has 0 aliphatic carbocycles. The number of rotatable bonds is 4. The number of nitrogens with zero attached hydrogens (tertiary/aromatic N) is 1. The van der Waals surface area contributed by atoms with Crippen LogP contribution in [0.15, 0.2) is 53.0 Å². The van der Waals surface area contributed by atoms with Crippen molar-refractivity contribution in [3.8, 4) is 0 Å². The molecule has 6 nitrogen and oxygen atoms in total. The first-order valence-corrected chi connectivity index (χ1v) is 8.35. The molecule has 0 bridgehead atoms. The quantitative estimate of drug-likeness (QED) is 0.892. The van der Waals surface area contributed by atoms with E-state index in [0.717, 1.165) is 35.5 Å². The van der Waals surface area contributed by atoms with Crippen LogP contribution < -0.4 is 10.0 Å². The average Bonchev–Trinajstić information content (AvgIpc) is 2.79. The average molecular weight is 305 g/mol. The highest BCUT2D eigenvalue weighted by Crippen LogP contribution is 2.24. The Bertz CT molecular complexity index is 763. The summed E-state index contributed by atoms with van der Waals surface area (Å²) in [4.78, 5) is 4.49. The topological polar surface area (TPSA) is 79.8 Å². The zero-order chi connectivity index (χ0) is 14.9. The van der Waals surface area contributed by atoms with Gasteiger partial charge in [-0.05, 0) is 24.3 Å². The van der Waals surface area contributed by atoms with Crippen LogP contribution in [0.25, 0.3) is 0 Å². The van der Waals surface area contributed by atoms with Gasteiger partial charge < -0.3 is 10.1 Å². The molecule has 2 aliphatic rings. The predicted octanol–water partition coefficient (Wildman–Crippen LogP) is 2.07. The Morgan fingerprint density at radius 3 is 2.86 bits per heavy atom. The molecule has 2 heterocycles. The van der Waals surface area contributed by atoms with Crippen molar-refractivity contribution < 1.29 is 13.2 Å². The second kappa shape index (κ2) is 5.25. The summed E-state index contributed by atoms with van der Waals surface area (Å²) in [6, 6.07) is 7.03. The van der Waals surface area contributed by atoms with Crippen molar-refractivity contribution in [1.82, 2.24) is 0 Å². The Morgan fingerprint density at radius 2 is 2.10 bits per heavy atom. The molecule has 1 aromatic rings. The van der Waals surface area contributed by atoms with Crippen molar-refractivity contribution in [2.24, 2.45) is 4.99 Å². The van der Waals surface area contributed by atoms with Crippen LogP contribution >= 0.6 is 0 Å². The lowest BCUT2D eigenvalue weighted by Gasteiger charge is -2.09. The van der Waals surface area contributed by atoms with Gasteiger partial charge in [0.1, 0.15) is 5.82 Å². The SMILES string of the molecule is CS(=O)(=O)Nc1cccc(NC2=CC3=COCCC3=N2)c1. The van der Waals surface area contributed by atoms with E-state index in [1.165, 1.54) is 0 Å². The smallest absolute Gasteiger partial charge is 0.229 e. The molecule has 0 aromatic heterocycles. The molecule has 1 aromatic carbocycles. The summed E-state index contributed by atoms with van der Waals surface area (Å²) in [5, 5.41) is 3.17. The first-order chi connectivity index (χ1) is 9.99. The molecule has 2 aliphatic heterocycles. The molecule has 3 rings (SSSR count). The summed E-state index contributed by atoms with van der Waals surface area (Å²) in [5.74, 6) is 0.721. The minimum absolute atomic E-state index is 0.508. The van der Waals surface area contributed by atoms with Crippen molar-refractivity contribution in [1.29, 1.82) is 0 Å². The molecule has 0 amide bonds. The number of hydrogen-bond acceptors (Lipinski definition) is 5. The van der Waals surface area contributed by atoms with Crippen LogP contribution in [-0.4, -0.2) is 27.0 Å². The molecule has 0 unspecified atom stereocenters. The summed E-state index contributed by atoms with van der Waals surface area (Å²) in [6.45, 7) is 0.650. The Labute approximate surface area is 123 Å². The van der Waals surface area contributed by atoms with E-state index in [4.69, 9.17) is 4.74 Å². The monoisotopic (exact) mass is 305 g/mol. The van der Waals surface area contributed by atoms with E-state index in [1.54, 1.807) is 24.5 Å². The molecule has 0 fully saturated rings. The third kappa shape index (κ3) is 3.43. The fourth-order valence-electron chi connectivity index (χ4n) is 2.17. The maximum absolute atomic E-state index is 11.2. The molecule has 2 N–H and O–H groups in total. The molecule has 21 heavy (non-hydrogen) atoms. The summed E-state index contributed by atoms with van der Waals surface area (Å²) >= 11 is 0. The molecule has 0 saturated carbocycles. The number of allylic oxidation sites excluding steroid dienone is 2. The van der Waals surface area contributed by atoms with Gasteiger partial charge >= 0.3 is 0 Å². The van der Waals surface area contributed by atoms with Gasteiger partial charge in [-0.15, -0.1) is 0 Å². The summed E-state index contributed by atoms with van der Waals surface area (Å²) < 4.78 is 30.2. The van der Waals surface area contributed by atoms with Crippen LogP contribution in [0.2, 0.25) is 0 Å². The minimum atomic E-state index is -3.28. The van der Waals surface area contributed by atoms with Crippen LogP contribution in [0.3, 0.4) is 0 Å². The van der Waals surface area contributed by atoms with E-state index in [9.17, 15) is 8.42 Å². The van der Waals surface area contributed by atoms with Crippen molar-refractivity contribution in [2.75, 3.05) is 22.9 Å². The summed E-state index contributed by atoms with van der Waals surface area (Å²) in [7, 11) is -3.28. The van der Waals surface area contributed by atoms with Gasteiger partial charge in [0.2, 0.25) is 10.0 Å². The van der Waals surface area contributed by atoms with Crippen LogP contribution in [0.5, 0.6) is 0 Å². The van der Waals surface area contributed by atoms with Crippen molar-refractivity contribution in [2.45, 2.75) is 6.42 Å². The lowest BCUT2D eigenvalue weighted by Crippen LogP contribution is -2.09. The van der Waals surface area contributed by atoms with E-state index in [-0.39, 0.29) is 0 Å². The third-order valence-electron chi connectivity index (χ3n) is 2.99. The number of nitrogens with one attached hydrogen (secondary N) is 2. The molecular weight excluding hydrogens is 290 g/mol. The van der Waals surface area contributed by atoms with Gasteiger partial charge in [-0.25, -0.2) is 13.4 Å². The first kappa shape index (κ1) is 13.7. The standard InChI is InChI=1S/C14H15N3O3S/c1-21(18,19)17-12-4-2-3-11(8-12)15-14-7-10-9-20-6-5-13(10)16-14/h2-4,7-9,15,17H,5-6H2,1H3. The molecule has 0 saturated heterocycles. The zero-order valence-corrected chi connectivity index (χ0v) is 12.3. The summed E-state index contributed by atoms with van der Waals surface area (Å²) in [6.07, 6.45) is 5.53. The second-order valence-corrected chi connectivity index (χ2v) is 6.61. The predicted molar refractivity (Wildman–Crippen MR) is 82.7 cm³/mol. The number of ether oxygens (including phenoxy) is 1. The molecule has 110 valence electrons. The van der Waals surface area contributed by atoms with E-state index >= 15 is 0 Å². The van der Waals surface area contributed by atoms with Gasteiger partial charge in [-0.1, -0.05) is 6.07 Å². The summed E-state index contributed by atoms with van der Waals surface area (Å²) in [5.41, 5.74) is 3.26. The van der Waals surface area contributed by atoms with Crippen LogP contribution in [0.1, 0.15) is 6.42 Å². The number of benzene rings is 1. The van der Waals surface area contributed by atoms with Gasteiger partial charge in [0.15, 0.2) is 0 Å². The fraction of sp³-hybridized carbons (Fsp3) is 0.214. The van der Waals surface area contributed by atoms with E-state index in [0.29, 0.717) is 12.3 Å². The van der Waals surface area contributed by atoms with Gasteiger partial charge in [-0.3, -0.25) is 4.72 Å². The van der Waals surface area contributed by atoms with Gasteiger partial charge in [-0.2, -0.15) is 0 Å². The fourth-order valence-corrected chi connectivity index (χ4v) is 2.72. The Hall–Kier alpha value is -2.28. The number of sulfonamides is 1. The zero-order valence-electron chi connectivity index (χ0n) is 11.5. The lowest BCUT2D eigenvalue weighted by atomic mass is 10.1. The number of anilines is 2. The van der Waals surface area contributed by atoms with Crippen LogP contribution in [0, 0.1) is 0 Å². The van der Waals surface area contributed by atoms with Gasteiger partial charge in [0.25, 0.3) is 0 Å². The second-order valence-electron chi connectivity index (χ2n) is 4.86. The van der Waals surface area contributed by atoms with Gasteiger partial charge in [0, 0.05) is 17.7 Å². The minimum Gasteiger partial charge on any atom is -0.500 e. The Balaban J connectivity index is 1.77. The largest absolute Gasteiger partial charge is 0.500 e. The molecule has 0 atom stereocenters. The van der Waals surface area contributed by atoms with Crippen LogP contribution in [0.4, 0.5) is 11.4 Å². The highest BCUT2D eigenvalue weighted by molar-refractivity contribution is 7.92. The number of hydrogen-bond donors (Lipinski definition) is 2. The molecule has 0 spiro atoms. The van der Waals surface area contributed by atoms with E-state index in [1.807, 2.05) is 12.1 Å². The third-order valence-corrected chi connectivity index (χ3v) is 3.59. The van der Waals surface area contributed by atoms with Crippen LogP contribution in [-0.2, 0) is 14.8 Å². The van der Waals surface area contributed by atoms with E-state index < -0.39 is 10.0 Å². The molecule has 7 heteroatoms.